The molecule has 2 heterocycles. The van der Waals surface area contributed by atoms with Crippen molar-refractivity contribution in [3.63, 3.8) is 0 Å². The van der Waals surface area contributed by atoms with Crippen LogP contribution >= 0.6 is 22.9 Å². The van der Waals surface area contributed by atoms with Gasteiger partial charge in [-0.15, -0.1) is 11.3 Å². The number of nitrogens with zero attached hydrogens (tertiary/aromatic N) is 4. The Morgan fingerprint density at radius 3 is 2.78 bits per heavy atom. The number of hydrogen-bond donors (Lipinski definition) is 0. The molecule has 0 aliphatic carbocycles. The zero-order chi connectivity index (χ0) is 22.3. The first-order chi connectivity index (χ1) is 15.6. The summed E-state index contributed by atoms with van der Waals surface area (Å²) in [6.07, 6.45) is 4.10. The molecule has 0 saturated carbocycles. The maximum absolute atomic E-state index is 12.6. The van der Waals surface area contributed by atoms with Crippen LogP contribution in [0.25, 0.3) is 11.3 Å². The molecular formula is C24H25ClN4O2S. The predicted molar refractivity (Wildman–Crippen MR) is 131 cm³/mol. The minimum Gasteiger partial charge on any atom is -0.461 e. The fourth-order valence-electron chi connectivity index (χ4n) is 3.55. The van der Waals surface area contributed by atoms with Crippen molar-refractivity contribution in [2.75, 3.05) is 38.3 Å². The molecular weight excluding hydrogens is 444 g/mol. The van der Waals surface area contributed by atoms with E-state index < -0.39 is 0 Å². The molecule has 1 aromatic heterocycles. The number of aromatic nitrogens is 1. The smallest absolute Gasteiger partial charge is 0.338 e. The van der Waals surface area contributed by atoms with Crippen molar-refractivity contribution in [1.29, 1.82) is 0 Å². The predicted octanol–water partition coefficient (Wildman–Crippen LogP) is 5.19. The quantitative estimate of drug-likeness (QED) is 0.259. The summed E-state index contributed by atoms with van der Waals surface area (Å²) < 4.78 is 5.51. The van der Waals surface area contributed by atoms with Gasteiger partial charge in [-0.2, -0.15) is 5.10 Å². The molecule has 0 amide bonds. The number of esters is 1. The number of anilines is 1. The van der Waals surface area contributed by atoms with Crippen molar-refractivity contribution in [1.82, 2.24) is 9.88 Å². The van der Waals surface area contributed by atoms with E-state index in [-0.39, 0.29) is 5.97 Å². The number of carbonyl (C=O) groups is 1. The summed E-state index contributed by atoms with van der Waals surface area (Å²) in [5, 5.41) is 9.51. The third kappa shape index (κ3) is 5.54. The highest BCUT2D eigenvalue weighted by atomic mass is 35.5. The Kier molecular flexibility index (Phi) is 7.52. The Morgan fingerprint density at radius 2 is 1.97 bits per heavy atom. The van der Waals surface area contributed by atoms with Crippen molar-refractivity contribution in [2.45, 2.75) is 12.8 Å². The van der Waals surface area contributed by atoms with Crippen molar-refractivity contribution >= 4 is 40.3 Å². The highest BCUT2D eigenvalue weighted by molar-refractivity contribution is 7.14. The second-order valence-electron chi connectivity index (χ2n) is 7.54. The van der Waals surface area contributed by atoms with E-state index in [0.717, 1.165) is 36.0 Å². The molecule has 1 fully saturated rings. The Morgan fingerprint density at radius 1 is 1.22 bits per heavy atom. The molecule has 0 unspecified atom stereocenters. The molecule has 166 valence electrons. The van der Waals surface area contributed by atoms with Gasteiger partial charge in [-0.3, -0.25) is 4.90 Å². The summed E-state index contributed by atoms with van der Waals surface area (Å²) in [6.45, 7) is 3.35. The summed E-state index contributed by atoms with van der Waals surface area (Å²) in [5.41, 5.74) is 2.89. The molecule has 0 N–H and O–H groups in total. The van der Waals surface area contributed by atoms with Gasteiger partial charge in [-0.1, -0.05) is 48.0 Å². The van der Waals surface area contributed by atoms with E-state index in [1.165, 1.54) is 24.2 Å². The van der Waals surface area contributed by atoms with E-state index in [1.807, 2.05) is 54.9 Å². The Balaban J connectivity index is 1.41. The first-order valence-corrected chi connectivity index (χ1v) is 11.8. The van der Waals surface area contributed by atoms with Gasteiger partial charge in [-0.25, -0.2) is 14.8 Å². The van der Waals surface area contributed by atoms with E-state index in [0.29, 0.717) is 22.8 Å². The molecule has 1 aliphatic heterocycles. The van der Waals surface area contributed by atoms with Crippen molar-refractivity contribution in [3.8, 4) is 11.3 Å². The van der Waals surface area contributed by atoms with Crippen LogP contribution in [0.2, 0.25) is 5.02 Å². The number of halogens is 1. The van der Waals surface area contributed by atoms with E-state index in [2.05, 4.69) is 15.0 Å². The van der Waals surface area contributed by atoms with Crippen LogP contribution < -0.4 is 5.01 Å². The zero-order valence-corrected chi connectivity index (χ0v) is 19.5. The molecule has 3 aromatic rings. The second-order valence-corrected chi connectivity index (χ2v) is 8.78. The van der Waals surface area contributed by atoms with Gasteiger partial charge >= 0.3 is 5.97 Å². The van der Waals surface area contributed by atoms with Gasteiger partial charge in [0.2, 0.25) is 5.13 Å². The van der Waals surface area contributed by atoms with E-state index in [1.54, 1.807) is 17.3 Å². The number of rotatable bonds is 8. The first-order valence-electron chi connectivity index (χ1n) is 10.6. The lowest BCUT2D eigenvalue weighted by Gasteiger charge is -2.14. The monoisotopic (exact) mass is 468 g/mol. The normalized spacial score (nSPS) is 14.2. The number of hydrazone groups is 1. The van der Waals surface area contributed by atoms with Crippen LogP contribution in [0.15, 0.2) is 59.0 Å². The maximum Gasteiger partial charge on any atom is 0.338 e. The van der Waals surface area contributed by atoms with E-state index in [9.17, 15) is 4.79 Å². The zero-order valence-electron chi connectivity index (χ0n) is 17.9. The standard InChI is InChI=1S/C24H25ClN4O2S/c1-28(24-27-22(17-32-24)20-10-4-5-11-21(20)25)26-16-18-8-2-3-9-19(18)23(30)31-15-14-29-12-6-7-13-29/h2-5,8-11,16-17H,6-7,12-15H2,1H3/b26-16+. The van der Waals surface area contributed by atoms with Gasteiger partial charge < -0.3 is 4.74 Å². The largest absolute Gasteiger partial charge is 0.461 e. The van der Waals surface area contributed by atoms with Crippen LogP contribution in [-0.4, -0.2) is 55.4 Å². The van der Waals surface area contributed by atoms with Crippen LogP contribution in [0.4, 0.5) is 5.13 Å². The van der Waals surface area contributed by atoms with Gasteiger partial charge in [0.15, 0.2) is 0 Å². The summed E-state index contributed by atoms with van der Waals surface area (Å²) in [5.74, 6) is -0.329. The number of carbonyl (C=O) groups excluding carboxylic acids is 1. The van der Waals surface area contributed by atoms with Crippen LogP contribution in [-0.2, 0) is 4.74 Å². The lowest BCUT2D eigenvalue weighted by atomic mass is 10.1. The molecule has 0 atom stereocenters. The van der Waals surface area contributed by atoms with Gasteiger partial charge in [0.1, 0.15) is 6.61 Å². The Hall–Kier alpha value is -2.74. The summed E-state index contributed by atoms with van der Waals surface area (Å²) >= 11 is 7.76. The summed E-state index contributed by atoms with van der Waals surface area (Å²) in [6, 6.07) is 14.9. The van der Waals surface area contributed by atoms with Crippen LogP contribution in [0.5, 0.6) is 0 Å². The van der Waals surface area contributed by atoms with Crippen LogP contribution in [0.1, 0.15) is 28.8 Å². The summed E-state index contributed by atoms with van der Waals surface area (Å²) in [7, 11) is 1.82. The lowest BCUT2D eigenvalue weighted by Crippen LogP contribution is -2.25. The highest BCUT2D eigenvalue weighted by Crippen LogP contribution is 2.31. The SMILES string of the molecule is CN(/N=C/c1ccccc1C(=O)OCCN1CCCC1)c1nc(-c2ccccc2Cl)cs1. The Bertz CT molecular complexity index is 1090. The summed E-state index contributed by atoms with van der Waals surface area (Å²) in [4.78, 5) is 19.6. The molecule has 1 aliphatic rings. The maximum atomic E-state index is 12.6. The van der Waals surface area contributed by atoms with E-state index >= 15 is 0 Å². The van der Waals surface area contributed by atoms with E-state index in [4.69, 9.17) is 16.3 Å². The van der Waals surface area contributed by atoms with Gasteiger partial charge in [0.05, 0.1) is 17.5 Å². The third-order valence-electron chi connectivity index (χ3n) is 5.31. The number of hydrogen-bond acceptors (Lipinski definition) is 7. The average Bonchev–Trinajstić information content (AvgIpc) is 3.50. The van der Waals surface area contributed by atoms with Crippen molar-refractivity contribution in [3.05, 3.63) is 70.1 Å². The average molecular weight is 469 g/mol. The second kappa shape index (κ2) is 10.7. The molecule has 6 nitrogen and oxygen atoms in total. The highest BCUT2D eigenvalue weighted by Gasteiger charge is 2.15. The topological polar surface area (TPSA) is 58.0 Å². The van der Waals surface area contributed by atoms with Gasteiger partial charge in [0.25, 0.3) is 0 Å². The van der Waals surface area contributed by atoms with Gasteiger partial charge in [0, 0.05) is 35.1 Å². The molecule has 32 heavy (non-hydrogen) atoms. The van der Waals surface area contributed by atoms with Crippen LogP contribution in [0, 0.1) is 0 Å². The lowest BCUT2D eigenvalue weighted by molar-refractivity contribution is 0.0472. The minimum atomic E-state index is -0.329. The molecule has 8 heteroatoms. The molecule has 0 radical (unpaired) electrons. The first kappa shape index (κ1) is 22.5. The molecule has 4 rings (SSSR count). The third-order valence-corrected chi connectivity index (χ3v) is 6.55. The van der Waals surface area contributed by atoms with Crippen LogP contribution in [0.3, 0.4) is 0 Å². The number of ether oxygens (including phenoxy) is 1. The number of likely N-dealkylation sites (tertiary alicyclic amines) is 1. The van der Waals surface area contributed by atoms with Crippen molar-refractivity contribution < 1.29 is 9.53 Å². The van der Waals surface area contributed by atoms with Crippen molar-refractivity contribution in [2.24, 2.45) is 5.10 Å². The molecule has 0 bridgehead atoms. The fraction of sp³-hybridized carbons (Fsp3) is 0.292. The van der Waals surface area contributed by atoms with Gasteiger partial charge in [-0.05, 0) is 38.1 Å². The Labute approximate surface area is 197 Å². The molecule has 2 aromatic carbocycles. The fourth-order valence-corrected chi connectivity index (χ4v) is 4.53. The number of thiazole rings is 1. The minimum absolute atomic E-state index is 0.329. The molecule has 1 saturated heterocycles. The number of benzene rings is 2. The molecule has 0 spiro atoms.